The zero-order valence-corrected chi connectivity index (χ0v) is 19.5. The number of hydrogen-bond donors (Lipinski definition) is 1. The average Bonchev–Trinajstić information content (AvgIpc) is 2.81. The number of halogens is 2. The van der Waals surface area contributed by atoms with Gasteiger partial charge in [-0.15, -0.1) is 0 Å². The van der Waals surface area contributed by atoms with E-state index in [1.807, 2.05) is 45.9 Å². The van der Waals surface area contributed by atoms with E-state index in [1.54, 1.807) is 12.1 Å². The number of fused-ring (bicyclic) bond motifs is 1. The number of nitrogens with zero attached hydrogens (tertiary/aromatic N) is 2. The Morgan fingerprint density at radius 1 is 1.22 bits per heavy atom. The largest absolute Gasteiger partial charge is 0.369 e. The maximum atomic E-state index is 14.0. The average molecular weight is 438 g/mol. The van der Waals surface area contributed by atoms with Crippen molar-refractivity contribution in [2.45, 2.75) is 40.3 Å². The molecule has 1 unspecified atom stereocenters. The van der Waals surface area contributed by atoms with Crippen molar-refractivity contribution in [1.82, 2.24) is 15.2 Å². The summed E-state index contributed by atoms with van der Waals surface area (Å²) in [5.74, 6) is -0.318. The molecule has 1 atom stereocenters. The lowest BCUT2D eigenvalue weighted by molar-refractivity contribution is 0.341. The quantitative estimate of drug-likeness (QED) is 0.609. The number of piperazine rings is 1. The molecule has 2 heterocycles. The minimum Gasteiger partial charge on any atom is -0.369 e. The first-order chi connectivity index (χ1) is 15.5. The normalized spacial score (nSPS) is 19.1. The Labute approximate surface area is 190 Å². The molecule has 1 fully saturated rings. The van der Waals surface area contributed by atoms with Crippen LogP contribution in [0.2, 0.25) is 0 Å². The molecule has 1 aromatic carbocycles. The fourth-order valence-electron chi connectivity index (χ4n) is 4.26. The molecule has 2 aliphatic rings. The van der Waals surface area contributed by atoms with E-state index >= 15 is 0 Å². The number of alkyl halides is 1. The summed E-state index contributed by atoms with van der Waals surface area (Å²) in [4.78, 5) is 7.04. The second-order valence-electron chi connectivity index (χ2n) is 7.88. The Morgan fingerprint density at radius 3 is 2.59 bits per heavy atom. The van der Waals surface area contributed by atoms with Gasteiger partial charge in [-0.2, -0.15) is 0 Å². The van der Waals surface area contributed by atoms with E-state index in [0.717, 1.165) is 65.2 Å². The number of rotatable bonds is 4. The minimum absolute atomic E-state index is 0.318. The first-order valence-corrected chi connectivity index (χ1v) is 11.4. The fraction of sp³-hybridized carbons (Fsp3) is 0.370. The lowest BCUT2D eigenvalue weighted by Crippen LogP contribution is -2.42. The van der Waals surface area contributed by atoms with Gasteiger partial charge in [-0.05, 0) is 43.7 Å². The van der Waals surface area contributed by atoms with Gasteiger partial charge < -0.3 is 10.2 Å². The Hall–Kier alpha value is -2.79. The minimum atomic E-state index is -0.950. The highest BCUT2D eigenvalue weighted by atomic mass is 19.1. The summed E-state index contributed by atoms with van der Waals surface area (Å²) in [6, 6.07) is 6.75. The molecule has 1 aromatic heterocycles. The summed E-state index contributed by atoms with van der Waals surface area (Å²) >= 11 is 0. The van der Waals surface area contributed by atoms with Gasteiger partial charge in [-0.3, -0.25) is 0 Å². The standard InChI is InChI=1S/C25H27F2N3.C2H6/c1-4-20(21-7-5-18(26)13-16(21)2)25-15-23(17(3)30-11-9-28-10-12-30)22-8-6-19(27)14-24(22)29-25;1-2/h4-8,14-15,18,28H,3,9-13H2,1-2H3;1-2H3/b20-4+;. The van der Waals surface area contributed by atoms with Crippen molar-refractivity contribution >= 4 is 22.2 Å². The molecule has 3 nitrogen and oxygen atoms in total. The summed E-state index contributed by atoms with van der Waals surface area (Å²) in [5.41, 5.74) is 6.11. The molecule has 0 spiro atoms. The van der Waals surface area contributed by atoms with Crippen LogP contribution in [0.5, 0.6) is 0 Å². The van der Waals surface area contributed by atoms with Crippen LogP contribution < -0.4 is 5.32 Å². The second kappa shape index (κ2) is 10.7. The molecule has 0 radical (unpaired) electrons. The molecule has 0 bridgehead atoms. The lowest BCUT2D eigenvalue weighted by Gasteiger charge is -2.31. The van der Waals surface area contributed by atoms with Gasteiger partial charge in [0.05, 0.1) is 11.2 Å². The predicted molar refractivity (Wildman–Crippen MR) is 132 cm³/mol. The van der Waals surface area contributed by atoms with Gasteiger partial charge in [0.15, 0.2) is 0 Å². The van der Waals surface area contributed by atoms with Crippen LogP contribution in [0.25, 0.3) is 22.2 Å². The third kappa shape index (κ3) is 4.99. The predicted octanol–water partition coefficient (Wildman–Crippen LogP) is 6.29. The highest BCUT2D eigenvalue weighted by molar-refractivity contribution is 5.94. The fourth-order valence-corrected chi connectivity index (χ4v) is 4.26. The summed E-state index contributed by atoms with van der Waals surface area (Å²) in [5, 5.41) is 4.24. The summed E-state index contributed by atoms with van der Waals surface area (Å²) < 4.78 is 27.8. The molecule has 32 heavy (non-hydrogen) atoms. The van der Waals surface area contributed by atoms with E-state index in [2.05, 4.69) is 16.8 Å². The molecule has 4 rings (SSSR count). The van der Waals surface area contributed by atoms with Crippen LogP contribution in [-0.4, -0.2) is 42.2 Å². The van der Waals surface area contributed by atoms with Crippen LogP contribution in [0.3, 0.4) is 0 Å². The lowest BCUT2D eigenvalue weighted by atomic mass is 9.89. The van der Waals surface area contributed by atoms with Crippen LogP contribution in [0, 0.1) is 5.82 Å². The molecule has 1 aliphatic carbocycles. The van der Waals surface area contributed by atoms with Gasteiger partial charge in [-0.25, -0.2) is 13.8 Å². The summed E-state index contributed by atoms with van der Waals surface area (Å²) in [7, 11) is 0. The van der Waals surface area contributed by atoms with Gasteiger partial charge in [0.25, 0.3) is 0 Å². The van der Waals surface area contributed by atoms with E-state index in [-0.39, 0.29) is 5.82 Å². The Morgan fingerprint density at radius 2 is 1.94 bits per heavy atom. The van der Waals surface area contributed by atoms with Crippen molar-refractivity contribution in [3.63, 3.8) is 0 Å². The maximum Gasteiger partial charge on any atom is 0.125 e. The zero-order valence-electron chi connectivity index (χ0n) is 19.5. The van der Waals surface area contributed by atoms with Crippen LogP contribution in [0.4, 0.5) is 8.78 Å². The van der Waals surface area contributed by atoms with Gasteiger partial charge >= 0.3 is 0 Å². The number of pyridine rings is 1. The molecular formula is C27H33F2N3. The van der Waals surface area contributed by atoms with Crippen LogP contribution in [-0.2, 0) is 0 Å². The SMILES string of the molecule is C=C(c1cc(/C(=C/C)C2=C(C)CC(F)C=C2)nc2cc(F)ccc12)N1CCNCC1.CC. The number of hydrogen-bond acceptors (Lipinski definition) is 3. The maximum absolute atomic E-state index is 14.0. The number of benzene rings is 1. The van der Waals surface area contributed by atoms with E-state index < -0.39 is 6.17 Å². The number of aromatic nitrogens is 1. The third-order valence-corrected chi connectivity index (χ3v) is 5.87. The number of nitrogens with one attached hydrogen (secondary N) is 1. The number of allylic oxidation sites excluding steroid dienone is 6. The Bertz CT molecular complexity index is 1080. The smallest absolute Gasteiger partial charge is 0.125 e. The zero-order chi connectivity index (χ0) is 23.3. The first-order valence-electron chi connectivity index (χ1n) is 11.4. The molecule has 1 saturated heterocycles. The van der Waals surface area contributed by atoms with E-state index in [9.17, 15) is 8.78 Å². The van der Waals surface area contributed by atoms with Crippen molar-refractivity contribution < 1.29 is 8.78 Å². The van der Waals surface area contributed by atoms with Crippen LogP contribution in [0.1, 0.15) is 45.4 Å². The highest BCUT2D eigenvalue weighted by Crippen LogP contribution is 2.35. The van der Waals surface area contributed by atoms with Gasteiger partial charge in [0.1, 0.15) is 12.0 Å². The van der Waals surface area contributed by atoms with E-state index in [0.29, 0.717) is 11.9 Å². The monoisotopic (exact) mass is 437 g/mol. The Balaban J connectivity index is 0.00000141. The first kappa shape index (κ1) is 23.9. The molecule has 1 aliphatic heterocycles. The van der Waals surface area contributed by atoms with Crippen LogP contribution in [0.15, 0.2) is 60.2 Å². The second-order valence-corrected chi connectivity index (χ2v) is 7.88. The molecule has 170 valence electrons. The topological polar surface area (TPSA) is 28.2 Å². The van der Waals surface area contributed by atoms with Crippen molar-refractivity contribution in [1.29, 1.82) is 0 Å². The third-order valence-electron chi connectivity index (χ3n) is 5.87. The molecule has 1 N–H and O–H groups in total. The van der Waals surface area contributed by atoms with E-state index in [1.165, 1.54) is 12.1 Å². The van der Waals surface area contributed by atoms with Gasteiger partial charge in [0.2, 0.25) is 0 Å². The van der Waals surface area contributed by atoms with Crippen molar-refractivity contribution in [3.05, 3.63) is 77.3 Å². The Kier molecular flexibility index (Phi) is 7.97. The van der Waals surface area contributed by atoms with Gasteiger partial charge in [0, 0.05) is 60.9 Å². The molecule has 0 amide bonds. The molecule has 5 heteroatoms. The molecule has 0 saturated carbocycles. The van der Waals surface area contributed by atoms with Crippen molar-refractivity contribution in [2.24, 2.45) is 0 Å². The van der Waals surface area contributed by atoms with Gasteiger partial charge in [-0.1, -0.05) is 38.2 Å². The molecular weight excluding hydrogens is 404 g/mol. The summed E-state index contributed by atoms with van der Waals surface area (Å²) in [6.45, 7) is 15.8. The summed E-state index contributed by atoms with van der Waals surface area (Å²) in [6.07, 6.45) is 4.85. The van der Waals surface area contributed by atoms with Crippen molar-refractivity contribution in [3.8, 4) is 0 Å². The van der Waals surface area contributed by atoms with E-state index in [4.69, 9.17) is 4.98 Å². The molecule has 2 aromatic rings. The van der Waals surface area contributed by atoms with Crippen molar-refractivity contribution in [2.75, 3.05) is 26.2 Å². The van der Waals surface area contributed by atoms with Crippen LogP contribution >= 0.6 is 0 Å². The highest BCUT2D eigenvalue weighted by Gasteiger charge is 2.21.